The number of nitrogens with one attached hydrogen (secondary N) is 1. The molecule has 2 aromatic carbocycles. The van der Waals surface area contributed by atoms with Gasteiger partial charge in [0, 0.05) is 5.56 Å². The van der Waals surface area contributed by atoms with Crippen molar-refractivity contribution in [1.82, 2.24) is 0 Å². The summed E-state index contributed by atoms with van der Waals surface area (Å²) in [7, 11) is 1.19. The maximum atomic E-state index is 14.3. The van der Waals surface area contributed by atoms with Gasteiger partial charge in [0.2, 0.25) is 0 Å². The van der Waals surface area contributed by atoms with E-state index in [4.69, 9.17) is 0 Å². The number of carbonyl (C=O) groups excluding carboxylic acids is 3. The summed E-state index contributed by atoms with van der Waals surface area (Å²) in [6.07, 6.45) is 2.02. The van der Waals surface area contributed by atoms with Crippen LogP contribution in [0.15, 0.2) is 36.4 Å². The first-order valence-corrected chi connectivity index (χ1v) is 9.85. The summed E-state index contributed by atoms with van der Waals surface area (Å²) in [5, 5.41) is 2.29. The second-order valence-electron chi connectivity index (χ2n) is 9.00. The van der Waals surface area contributed by atoms with Crippen molar-refractivity contribution < 1.29 is 23.5 Å². The van der Waals surface area contributed by atoms with Crippen LogP contribution in [0.25, 0.3) is 0 Å². The number of rotatable bonds is 4. The Bertz CT molecular complexity index is 1040. The molecule has 3 rings (SSSR count). The molecule has 0 radical (unpaired) electrons. The summed E-state index contributed by atoms with van der Waals surface area (Å²) in [6.45, 7) is 8.62. The number of hydrogen-bond acceptors (Lipinski definition) is 4. The molecule has 0 saturated carbocycles. The van der Waals surface area contributed by atoms with Crippen LogP contribution < -0.4 is 5.32 Å². The summed E-state index contributed by atoms with van der Waals surface area (Å²) < 4.78 is 18.8. The Morgan fingerprint density at radius 2 is 1.50 bits per heavy atom. The van der Waals surface area contributed by atoms with Crippen LogP contribution in [0, 0.1) is 5.82 Å². The Labute approximate surface area is 175 Å². The summed E-state index contributed by atoms with van der Waals surface area (Å²) in [5.41, 5.74) is 2.24. The van der Waals surface area contributed by atoms with E-state index in [1.165, 1.54) is 24.8 Å². The van der Waals surface area contributed by atoms with Crippen molar-refractivity contribution >= 4 is 23.3 Å². The molecule has 1 aliphatic carbocycles. The van der Waals surface area contributed by atoms with Gasteiger partial charge in [-0.1, -0.05) is 39.8 Å². The lowest BCUT2D eigenvalue weighted by Crippen LogP contribution is -2.34. The van der Waals surface area contributed by atoms with Crippen LogP contribution in [0.3, 0.4) is 0 Å². The van der Waals surface area contributed by atoms with Crippen molar-refractivity contribution in [3.63, 3.8) is 0 Å². The van der Waals surface area contributed by atoms with Gasteiger partial charge in [-0.15, -0.1) is 0 Å². The lowest BCUT2D eigenvalue weighted by Gasteiger charge is -2.42. The monoisotopic (exact) mass is 411 g/mol. The smallest absolute Gasteiger partial charge is 0.337 e. The summed E-state index contributed by atoms with van der Waals surface area (Å²) in [4.78, 5) is 36.7. The predicted octanol–water partition coefficient (Wildman–Crippen LogP) is 4.78. The van der Waals surface area contributed by atoms with Crippen molar-refractivity contribution in [2.45, 2.75) is 51.4 Å². The normalized spacial score (nSPS) is 16.3. The maximum Gasteiger partial charge on any atom is 0.337 e. The molecule has 1 amide bonds. The van der Waals surface area contributed by atoms with Crippen molar-refractivity contribution in [3.05, 3.63) is 64.5 Å². The molecule has 5 nitrogen and oxygen atoms in total. The van der Waals surface area contributed by atoms with Crippen LogP contribution in [-0.4, -0.2) is 24.8 Å². The number of ketones is 1. The fraction of sp³-hybridized carbons (Fsp3) is 0.375. The van der Waals surface area contributed by atoms with E-state index in [1.54, 1.807) is 12.1 Å². The fourth-order valence-corrected chi connectivity index (χ4v) is 3.90. The molecule has 0 atom stereocenters. The number of Topliss-reactive ketones (excluding diaryl/α,β-unsaturated/α-hetero) is 1. The molecule has 0 saturated heterocycles. The molecule has 0 fully saturated rings. The summed E-state index contributed by atoms with van der Waals surface area (Å²) in [6, 6.07) is 8.86. The standard InChI is InChI=1S/C24H26FNO4/c1-23(2)10-11-24(3,4)17-12-14(6-8-16(17)23)20(27)21(28)26-19-9-7-15(13-18(19)25)22(29)30-5/h6-9,12-13H,10-11H2,1-5H3,(H,26,28). The Hall–Kier alpha value is -3.02. The zero-order valence-electron chi connectivity index (χ0n) is 17.9. The molecule has 0 aliphatic heterocycles. The zero-order chi connectivity index (χ0) is 22.3. The molecular formula is C24H26FNO4. The molecule has 1 aliphatic rings. The van der Waals surface area contributed by atoms with Crippen LogP contribution in [0.5, 0.6) is 0 Å². The van der Waals surface area contributed by atoms with Crippen LogP contribution in [0.4, 0.5) is 10.1 Å². The van der Waals surface area contributed by atoms with Crippen LogP contribution in [0.2, 0.25) is 0 Å². The van der Waals surface area contributed by atoms with Crippen molar-refractivity contribution in [1.29, 1.82) is 0 Å². The van der Waals surface area contributed by atoms with E-state index in [9.17, 15) is 18.8 Å². The number of ether oxygens (including phenoxy) is 1. The number of anilines is 1. The van der Waals surface area contributed by atoms with Gasteiger partial charge in [-0.25, -0.2) is 9.18 Å². The highest BCUT2D eigenvalue weighted by Crippen LogP contribution is 2.45. The van der Waals surface area contributed by atoms with E-state index < -0.39 is 23.5 Å². The van der Waals surface area contributed by atoms with Crippen molar-refractivity contribution in [3.8, 4) is 0 Å². The van der Waals surface area contributed by atoms with Gasteiger partial charge in [-0.05, 0) is 59.1 Å². The molecule has 0 unspecified atom stereocenters. The molecule has 0 aromatic heterocycles. The number of methoxy groups -OCH3 is 1. The van der Waals surface area contributed by atoms with Gasteiger partial charge in [-0.2, -0.15) is 0 Å². The first-order valence-electron chi connectivity index (χ1n) is 9.85. The molecular weight excluding hydrogens is 385 g/mol. The molecule has 0 bridgehead atoms. The highest BCUT2D eigenvalue weighted by atomic mass is 19.1. The van der Waals surface area contributed by atoms with Gasteiger partial charge < -0.3 is 10.1 Å². The Kier molecular flexibility index (Phi) is 5.54. The van der Waals surface area contributed by atoms with Gasteiger partial charge in [0.15, 0.2) is 0 Å². The third-order valence-corrected chi connectivity index (χ3v) is 5.96. The second-order valence-corrected chi connectivity index (χ2v) is 9.00. The van der Waals surface area contributed by atoms with E-state index in [1.807, 2.05) is 6.07 Å². The van der Waals surface area contributed by atoms with Crippen LogP contribution >= 0.6 is 0 Å². The largest absolute Gasteiger partial charge is 0.465 e. The Morgan fingerprint density at radius 3 is 2.10 bits per heavy atom. The van der Waals surface area contributed by atoms with E-state index in [2.05, 4.69) is 37.7 Å². The van der Waals surface area contributed by atoms with Gasteiger partial charge >= 0.3 is 5.97 Å². The minimum Gasteiger partial charge on any atom is -0.465 e. The minimum absolute atomic E-state index is 0.000791. The number of carbonyl (C=O) groups is 3. The third kappa shape index (κ3) is 3.99. The van der Waals surface area contributed by atoms with E-state index in [-0.39, 0.29) is 27.6 Å². The van der Waals surface area contributed by atoms with Gasteiger partial charge in [0.1, 0.15) is 5.82 Å². The second kappa shape index (κ2) is 7.67. The summed E-state index contributed by atoms with van der Waals surface area (Å²) in [5.74, 6) is -3.20. The van der Waals surface area contributed by atoms with Crippen molar-refractivity contribution in [2.75, 3.05) is 12.4 Å². The SMILES string of the molecule is COC(=O)c1ccc(NC(=O)C(=O)c2ccc3c(c2)C(C)(C)CCC3(C)C)c(F)c1. The quantitative estimate of drug-likeness (QED) is 0.446. The average Bonchev–Trinajstić information content (AvgIpc) is 2.71. The average molecular weight is 411 g/mol. The first-order chi connectivity index (χ1) is 14.0. The molecule has 1 N–H and O–H groups in total. The van der Waals surface area contributed by atoms with E-state index >= 15 is 0 Å². The van der Waals surface area contributed by atoms with Crippen molar-refractivity contribution in [2.24, 2.45) is 0 Å². The maximum absolute atomic E-state index is 14.3. The topological polar surface area (TPSA) is 72.5 Å². The molecule has 158 valence electrons. The highest BCUT2D eigenvalue weighted by Gasteiger charge is 2.37. The molecule has 0 spiro atoms. The molecule has 2 aromatic rings. The fourth-order valence-electron chi connectivity index (χ4n) is 3.90. The lowest BCUT2D eigenvalue weighted by molar-refractivity contribution is -0.112. The van der Waals surface area contributed by atoms with Gasteiger partial charge in [-0.3, -0.25) is 9.59 Å². The molecule has 30 heavy (non-hydrogen) atoms. The number of hydrogen-bond donors (Lipinski definition) is 1. The predicted molar refractivity (Wildman–Crippen MR) is 112 cm³/mol. The first kappa shape index (κ1) is 21.7. The van der Waals surface area contributed by atoms with Gasteiger partial charge in [0.25, 0.3) is 11.7 Å². The Morgan fingerprint density at radius 1 is 0.900 bits per heavy atom. The molecule has 6 heteroatoms. The minimum atomic E-state index is -0.937. The van der Waals surface area contributed by atoms with E-state index in [0.717, 1.165) is 24.5 Å². The zero-order valence-corrected chi connectivity index (χ0v) is 17.9. The number of halogens is 1. The summed E-state index contributed by atoms with van der Waals surface area (Å²) >= 11 is 0. The Balaban J connectivity index is 1.86. The highest BCUT2D eigenvalue weighted by molar-refractivity contribution is 6.46. The third-order valence-electron chi connectivity index (χ3n) is 5.96. The number of fused-ring (bicyclic) bond motifs is 1. The number of benzene rings is 2. The molecule has 0 heterocycles. The van der Waals surface area contributed by atoms with Crippen LogP contribution in [0.1, 0.15) is 72.4 Å². The number of esters is 1. The van der Waals surface area contributed by atoms with E-state index in [0.29, 0.717) is 0 Å². The lowest BCUT2D eigenvalue weighted by atomic mass is 9.63. The van der Waals surface area contributed by atoms with Crippen LogP contribution in [-0.2, 0) is 20.4 Å². The number of amides is 1. The van der Waals surface area contributed by atoms with Gasteiger partial charge in [0.05, 0.1) is 18.4 Å².